The van der Waals surface area contributed by atoms with Crippen molar-refractivity contribution in [1.82, 2.24) is 0 Å². The minimum Gasteiger partial charge on any atom is -0.457 e. The topological polar surface area (TPSA) is 68.1 Å². The molecule has 5 nitrogen and oxygen atoms in total. The van der Waals surface area contributed by atoms with Crippen LogP contribution in [0.2, 0.25) is 0 Å². The summed E-state index contributed by atoms with van der Waals surface area (Å²) in [7, 11) is 0. The van der Waals surface area contributed by atoms with E-state index in [2.05, 4.69) is 24.7 Å². The van der Waals surface area contributed by atoms with Crippen LogP contribution < -0.4 is 0 Å². The van der Waals surface area contributed by atoms with Crippen LogP contribution in [-0.2, 0) is 14.3 Å². The van der Waals surface area contributed by atoms with Crippen LogP contribution >= 0.6 is 0 Å². The van der Waals surface area contributed by atoms with Crippen molar-refractivity contribution in [1.29, 1.82) is 0 Å². The van der Waals surface area contributed by atoms with Crippen LogP contribution in [0.3, 0.4) is 0 Å². The van der Waals surface area contributed by atoms with Gasteiger partial charge >= 0.3 is 5.97 Å². The third kappa shape index (κ3) is 3.89. The standard InChI is InChI=1S/C21H33NO4/c1-8-17-13(3)10-9-12(2)14(4)11-21(7)19(22-24)18(26-21)15(5)16(6)20(23)25-17/h9,12,14-18,24H,8,11H2,1-7H3. The van der Waals surface area contributed by atoms with Crippen molar-refractivity contribution in [2.24, 2.45) is 28.8 Å². The molecule has 2 bridgehead atoms. The summed E-state index contributed by atoms with van der Waals surface area (Å²) >= 11 is 0. The molecule has 0 radical (unpaired) electrons. The Kier molecular flexibility index (Phi) is 6.36. The van der Waals surface area contributed by atoms with Gasteiger partial charge in [0.25, 0.3) is 0 Å². The summed E-state index contributed by atoms with van der Waals surface area (Å²) in [6, 6.07) is 0. The van der Waals surface area contributed by atoms with Crippen molar-refractivity contribution in [2.75, 3.05) is 0 Å². The van der Waals surface area contributed by atoms with Gasteiger partial charge in [-0.25, -0.2) is 0 Å². The first-order valence-electron chi connectivity index (χ1n) is 9.68. The Bertz CT molecular complexity index is 634. The fourth-order valence-electron chi connectivity index (χ4n) is 3.83. The van der Waals surface area contributed by atoms with E-state index in [0.717, 1.165) is 12.0 Å². The molecule has 0 saturated carbocycles. The highest BCUT2D eigenvalue weighted by Crippen LogP contribution is 2.42. The first-order valence-corrected chi connectivity index (χ1v) is 9.68. The highest BCUT2D eigenvalue weighted by molar-refractivity contribution is 6.00. The van der Waals surface area contributed by atoms with Gasteiger partial charge in [0.1, 0.15) is 23.5 Å². The fraction of sp³-hybridized carbons (Fsp3) is 0.762. The van der Waals surface area contributed by atoms with Gasteiger partial charge in [0.05, 0.1) is 5.92 Å². The molecular weight excluding hydrogens is 330 g/mol. The molecule has 7 unspecified atom stereocenters. The molecule has 1 saturated heterocycles. The van der Waals surface area contributed by atoms with E-state index in [1.807, 2.05) is 40.7 Å². The fourth-order valence-corrected chi connectivity index (χ4v) is 3.83. The molecule has 0 amide bonds. The molecule has 3 aliphatic rings. The molecule has 3 rings (SSSR count). The van der Waals surface area contributed by atoms with Crippen LogP contribution in [-0.4, -0.2) is 34.7 Å². The Morgan fingerprint density at radius 3 is 2.58 bits per heavy atom. The van der Waals surface area contributed by atoms with Crippen molar-refractivity contribution < 1.29 is 19.5 Å². The van der Waals surface area contributed by atoms with Crippen LogP contribution in [0.4, 0.5) is 0 Å². The summed E-state index contributed by atoms with van der Waals surface area (Å²) in [5.74, 6) is -0.132. The van der Waals surface area contributed by atoms with E-state index in [1.165, 1.54) is 0 Å². The lowest BCUT2D eigenvalue weighted by molar-refractivity contribution is -0.160. The Morgan fingerprint density at radius 2 is 2.00 bits per heavy atom. The van der Waals surface area contributed by atoms with Gasteiger partial charge in [0.15, 0.2) is 0 Å². The number of nitrogens with zero attached hydrogens (tertiary/aromatic N) is 1. The SMILES string of the molecule is CCC1OC(=O)C(C)C(C)C2OC(C)(CC(C)C(C)C=C=C1C)C2=NO. The molecule has 1 N–H and O–H groups in total. The average Bonchev–Trinajstić information content (AvgIpc) is 2.59. The lowest BCUT2D eigenvalue weighted by Crippen LogP contribution is -2.63. The predicted octanol–water partition coefficient (Wildman–Crippen LogP) is 4.35. The number of rotatable bonds is 1. The normalized spacial score (nSPS) is 43.3. The number of ether oxygens (including phenoxy) is 2. The van der Waals surface area contributed by atoms with Crippen LogP contribution in [0.1, 0.15) is 61.3 Å². The smallest absolute Gasteiger partial charge is 0.309 e. The molecule has 0 spiro atoms. The highest BCUT2D eigenvalue weighted by Gasteiger charge is 2.54. The Balaban J connectivity index is 2.41. The zero-order valence-electron chi connectivity index (χ0n) is 17.1. The molecule has 7 atom stereocenters. The molecule has 0 aromatic rings. The third-order valence-corrected chi connectivity index (χ3v) is 6.24. The molecule has 146 valence electrons. The first kappa shape index (κ1) is 20.7. The lowest BCUT2D eigenvalue weighted by atomic mass is 9.73. The van der Waals surface area contributed by atoms with Gasteiger partial charge in [-0.2, -0.15) is 0 Å². The number of hydrogen-bond donors (Lipinski definition) is 1. The second-order valence-electron chi connectivity index (χ2n) is 8.27. The lowest BCUT2D eigenvalue weighted by Gasteiger charge is -2.50. The van der Waals surface area contributed by atoms with Crippen LogP contribution in [0.25, 0.3) is 0 Å². The second-order valence-corrected chi connectivity index (χ2v) is 8.27. The highest BCUT2D eigenvalue weighted by atomic mass is 16.6. The zero-order valence-corrected chi connectivity index (χ0v) is 17.1. The summed E-state index contributed by atoms with van der Waals surface area (Å²) in [4.78, 5) is 12.6. The maximum atomic E-state index is 12.6. The summed E-state index contributed by atoms with van der Waals surface area (Å²) in [5.41, 5.74) is 4.31. The van der Waals surface area contributed by atoms with Crippen molar-refractivity contribution in [3.8, 4) is 0 Å². The Labute approximate surface area is 157 Å². The van der Waals surface area contributed by atoms with Gasteiger partial charge in [-0.05, 0) is 44.6 Å². The summed E-state index contributed by atoms with van der Waals surface area (Å²) < 4.78 is 11.9. The zero-order chi connectivity index (χ0) is 19.6. The van der Waals surface area contributed by atoms with Crippen molar-refractivity contribution in [3.05, 3.63) is 17.4 Å². The first-order chi connectivity index (χ1) is 12.1. The van der Waals surface area contributed by atoms with Crippen molar-refractivity contribution in [3.63, 3.8) is 0 Å². The third-order valence-electron chi connectivity index (χ3n) is 6.24. The average molecular weight is 363 g/mol. The number of oxime groups is 1. The largest absolute Gasteiger partial charge is 0.457 e. The molecule has 26 heavy (non-hydrogen) atoms. The minimum atomic E-state index is -0.590. The molecule has 5 heteroatoms. The van der Waals surface area contributed by atoms with Gasteiger partial charge in [0, 0.05) is 11.5 Å². The summed E-state index contributed by atoms with van der Waals surface area (Å²) in [6.45, 7) is 14.0. The number of carbonyl (C=O) groups excluding carboxylic acids is 1. The van der Waals surface area contributed by atoms with E-state index in [1.54, 1.807) is 0 Å². The minimum absolute atomic E-state index is 0.130. The maximum absolute atomic E-state index is 12.6. The van der Waals surface area contributed by atoms with E-state index in [9.17, 15) is 10.0 Å². The van der Waals surface area contributed by atoms with Gasteiger partial charge in [0.2, 0.25) is 0 Å². The van der Waals surface area contributed by atoms with Gasteiger partial charge in [-0.15, -0.1) is 5.73 Å². The van der Waals surface area contributed by atoms with Gasteiger partial charge in [-0.3, -0.25) is 4.79 Å². The van der Waals surface area contributed by atoms with Crippen molar-refractivity contribution in [2.45, 2.75) is 79.1 Å². The monoisotopic (exact) mass is 363 g/mol. The van der Waals surface area contributed by atoms with E-state index < -0.39 is 5.60 Å². The van der Waals surface area contributed by atoms with E-state index in [-0.39, 0.29) is 35.9 Å². The number of carbonyl (C=O) groups is 1. The molecule has 3 heterocycles. The van der Waals surface area contributed by atoms with Gasteiger partial charge < -0.3 is 14.7 Å². The summed E-state index contributed by atoms with van der Waals surface area (Å²) in [5, 5.41) is 13.1. The van der Waals surface area contributed by atoms with E-state index in [4.69, 9.17) is 9.47 Å². The second kappa shape index (κ2) is 7.98. The van der Waals surface area contributed by atoms with E-state index in [0.29, 0.717) is 18.1 Å². The summed E-state index contributed by atoms with van der Waals surface area (Å²) in [6.07, 6.45) is 2.89. The molecular formula is C21H33NO4. The molecule has 0 aliphatic carbocycles. The van der Waals surface area contributed by atoms with Crippen LogP contribution in [0, 0.1) is 23.7 Å². The molecule has 3 aliphatic heterocycles. The van der Waals surface area contributed by atoms with Crippen LogP contribution in [0.15, 0.2) is 22.5 Å². The maximum Gasteiger partial charge on any atom is 0.309 e. The number of esters is 1. The molecule has 0 aromatic carbocycles. The number of fused-ring (bicyclic) bond motifs is 8. The van der Waals surface area contributed by atoms with E-state index >= 15 is 0 Å². The van der Waals surface area contributed by atoms with Crippen LogP contribution in [0.5, 0.6) is 0 Å². The molecule has 0 aromatic heterocycles. The Morgan fingerprint density at radius 1 is 1.35 bits per heavy atom. The molecule has 1 fully saturated rings. The Hall–Kier alpha value is -1.58. The van der Waals surface area contributed by atoms with Crippen molar-refractivity contribution >= 4 is 11.7 Å². The quantitative estimate of drug-likeness (QED) is 0.325. The number of hydrogen-bond acceptors (Lipinski definition) is 5. The van der Waals surface area contributed by atoms with Gasteiger partial charge in [-0.1, -0.05) is 39.8 Å². The predicted molar refractivity (Wildman–Crippen MR) is 101 cm³/mol.